The molecule has 0 aliphatic heterocycles. The quantitative estimate of drug-likeness (QED) is 0.491. The molecule has 0 aliphatic carbocycles. The summed E-state index contributed by atoms with van der Waals surface area (Å²) in [5.41, 5.74) is 0.447. The molecular weight excluding hydrogens is 326 g/mol. The molecule has 23 heavy (non-hydrogen) atoms. The van der Waals surface area contributed by atoms with Gasteiger partial charge in [0.1, 0.15) is 5.02 Å². The molecule has 0 bridgehead atoms. The van der Waals surface area contributed by atoms with Crippen molar-refractivity contribution >= 4 is 34.4 Å². The summed E-state index contributed by atoms with van der Waals surface area (Å²) in [4.78, 5) is 32.0. The number of Topliss-reactive ketones (excluding diaryl/α,β-unsaturated/α-hetero) is 1. The van der Waals surface area contributed by atoms with Crippen LogP contribution in [0.2, 0.25) is 5.02 Å². The van der Waals surface area contributed by atoms with E-state index in [1.54, 1.807) is 0 Å². The van der Waals surface area contributed by atoms with Gasteiger partial charge in [-0.25, -0.2) is 0 Å². The number of carbonyl (C=O) groups is 1. The normalized spacial score (nSPS) is 10.1. The third-order valence-corrected chi connectivity index (χ3v) is 3.30. The molecule has 1 N–H and O–H groups in total. The Hall–Kier alpha value is -3.00. The van der Waals surface area contributed by atoms with Gasteiger partial charge in [-0.3, -0.25) is 25.0 Å². The van der Waals surface area contributed by atoms with Crippen molar-refractivity contribution in [2.75, 3.05) is 11.9 Å². The molecule has 0 spiro atoms. The third kappa shape index (κ3) is 4.01. The van der Waals surface area contributed by atoms with Crippen LogP contribution in [0.5, 0.6) is 0 Å². The van der Waals surface area contributed by atoms with Crippen LogP contribution in [0.1, 0.15) is 10.4 Å². The van der Waals surface area contributed by atoms with E-state index in [0.717, 1.165) is 0 Å². The van der Waals surface area contributed by atoms with Gasteiger partial charge in [-0.05, 0) is 24.3 Å². The van der Waals surface area contributed by atoms with Crippen LogP contribution in [0.4, 0.5) is 17.1 Å². The number of nitrogens with one attached hydrogen (secondary N) is 1. The Balaban J connectivity index is 2.02. The maximum atomic E-state index is 12.0. The monoisotopic (exact) mass is 335 g/mol. The van der Waals surface area contributed by atoms with Crippen molar-refractivity contribution in [1.82, 2.24) is 0 Å². The van der Waals surface area contributed by atoms with Crippen LogP contribution in [-0.4, -0.2) is 22.2 Å². The first-order valence-electron chi connectivity index (χ1n) is 6.34. The van der Waals surface area contributed by atoms with E-state index >= 15 is 0 Å². The van der Waals surface area contributed by atoms with Crippen LogP contribution in [0, 0.1) is 20.2 Å². The lowest BCUT2D eigenvalue weighted by atomic mass is 10.1. The molecule has 0 radical (unpaired) electrons. The number of hydrogen-bond acceptors (Lipinski definition) is 6. The average molecular weight is 336 g/mol. The summed E-state index contributed by atoms with van der Waals surface area (Å²) in [5, 5.41) is 24.0. The van der Waals surface area contributed by atoms with E-state index in [2.05, 4.69) is 5.32 Å². The lowest BCUT2D eigenvalue weighted by Crippen LogP contribution is -2.14. The zero-order chi connectivity index (χ0) is 17.0. The number of hydrogen-bond donors (Lipinski definition) is 1. The number of carbonyl (C=O) groups excluding carboxylic acids is 1. The van der Waals surface area contributed by atoms with Crippen molar-refractivity contribution in [1.29, 1.82) is 0 Å². The predicted molar refractivity (Wildman–Crippen MR) is 84.0 cm³/mol. The van der Waals surface area contributed by atoms with Crippen molar-refractivity contribution in [3.05, 3.63) is 73.3 Å². The van der Waals surface area contributed by atoms with Gasteiger partial charge in [0.2, 0.25) is 0 Å². The minimum absolute atomic E-state index is 0.0391. The number of nitrogens with zero attached hydrogens (tertiary/aromatic N) is 2. The fourth-order valence-electron chi connectivity index (χ4n) is 1.82. The first-order chi connectivity index (χ1) is 10.9. The van der Waals surface area contributed by atoms with E-state index in [9.17, 15) is 25.0 Å². The van der Waals surface area contributed by atoms with Gasteiger partial charge in [-0.2, -0.15) is 0 Å². The number of non-ortho nitro benzene ring substituents is 1. The minimum Gasteiger partial charge on any atom is -0.378 e. The molecule has 2 aromatic carbocycles. The standard InChI is InChI=1S/C14H10ClN3O5/c15-12-7-10(3-6-13(12)18(22)23)16-8-14(19)9-1-4-11(5-2-9)17(20)21/h1-7,16H,8H2. The van der Waals surface area contributed by atoms with Crippen LogP contribution < -0.4 is 5.32 Å². The Morgan fingerprint density at radius 3 is 2.22 bits per heavy atom. The second-order valence-corrected chi connectivity index (χ2v) is 4.91. The molecule has 9 heteroatoms. The summed E-state index contributed by atoms with van der Waals surface area (Å²) in [6.07, 6.45) is 0. The molecule has 0 aromatic heterocycles. The van der Waals surface area contributed by atoms with Crippen molar-refractivity contribution in [2.45, 2.75) is 0 Å². The Morgan fingerprint density at radius 1 is 1.04 bits per heavy atom. The molecule has 0 saturated heterocycles. The molecule has 0 heterocycles. The maximum absolute atomic E-state index is 12.0. The van der Waals surface area contributed by atoms with Gasteiger partial charge in [0.15, 0.2) is 5.78 Å². The lowest BCUT2D eigenvalue weighted by Gasteiger charge is -2.06. The van der Waals surface area contributed by atoms with Gasteiger partial charge in [0.05, 0.1) is 16.4 Å². The number of benzene rings is 2. The first-order valence-corrected chi connectivity index (χ1v) is 6.72. The number of ketones is 1. The SMILES string of the molecule is O=C(CNc1ccc([N+](=O)[O-])c(Cl)c1)c1ccc([N+](=O)[O-])cc1. The van der Waals surface area contributed by atoms with E-state index in [4.69, 9.17) is 11.6 Å². The van der Waals surface area contributed by atoms with Gasteiger partial charge < -0.3 is 5.32 Å². The topological polar surface area (TPSA) is 115 Å². The fourth-order valence-corrected chi connectivity index (χ4v) is 2.07. The predicted octanol–water partition coefficient (Wildman–Crippen LogP) is 3.45. The zero-order valence-corrected chi connectivity index (χ0v) is 12.3. The number of anilines is 1. The maximum Gasteiger partial charge on any atom is 0.288 e. The van der Waals surface area contributed by atoms with Crippen molar-refractivity contribution in [3.8, 4) is 0 Å². The average Bonchev–Trinajstić information content (AvgIpc) is 2.52. The number of halogens is 1. The summed E-state index contributed by atoms with van der Waals surface area (Å²) in [5.74, 6) is -0.283. The Kier molecular flexibility index (Phi) is 4.87. The molecule has 118 valence electrons. The van der Waals surface area contributed by atoms with Crippen LogP contribution in [0.3, 0.4) is 0 Å². The number of nitro benzene ring substituents is 2. The highest BCUT2D eigenvalue weighted by atomic mass is 35.5. The second-order valence-electron chi connectivity index (χ2n) is 4.50. The van der Waals surface area contributed by atoms with Crippen LogP contribution in [0.15, 0.2) is 42.5 Å². The molecule has 0 fully saturated rings. The molecule has 0 saturated carbocycles. The molecule has 0 amide bonds. The molecule has 8 nitrogen and oxygen atoms in total. The molecule has 0 aliphatic rings. The Labute approximate surface area is 135 Å². The molecule has 2 rings (SSSR count). The van der Waals surface area contributed by atoms with Crippen LogP contribution in [0.25, 0.3) is 0 Å². The van der Waals surface area contributed by atoms with Gasteiger partial charge in [-0.1, -0.05) is 11.6 Å². The van der Waals surface area contributed by atoms with E-state index in [0.29, 0.717) is 11.3 Å². The largest absolute Gasteiger partial charge is 0.378 e. The highest BCUT2D eigenvalue weighted by molar-refractivity contribution is 6.32. The molecule has 2 aromatic rings. The van der Waals surface area contributed by atoms with E-state index in [-0.39, 0.29) is 28.7 Å². The van der Waals surface area contributed by atoms with Gasteiger partial charge in [0, 0.05) is 29.4 Å². The summed E-state index contributed by atoms with van der Waals surface area (Å²) < 4.78 is 0. The van der Waals surface area contributed by atoms with E-state index in [1.165, 1.54) is 42.5 Å². The molecule has 0 atom stereocenters. The Bertz CT molecular complexity index is 776. The van der Waals surface area contributed by atoms with Gasteiger partial charge >= 0.3 is 0 Å². The van der Waals surface area contributed by atoms with Gasteiger partial charge in [-0.15, -0.1) is 0 Å². The number of nitro groups is 2. The first kappa shape index (κ1) is 16.4. The van der Waals surface area contributed by atoms with Crippen LogP contribution in [-0.2, 0) is 0 Å². The van der Waals surface area contributed by atoms with Crippen LogP contribution >= 0.6 is 11.6 Å². The number of rotatable bonds is 6. The fraction of sp³-hybridized carbons (Fsp3) is 0.0714. The lowest BCUT2D eigenvalue weighted by molar-refractivity contribution is -0.385. The van der Waals surface area contributed by atoms with Gasteiger partial charge in [0.25, 0.3) is 11.4 Å². The summed E-state index contributed by atoms with van der Waals surface area (Å²) in [6, 6.07) is 9.25. The van der Waals surface area contributed by atoms with Crippen molar-refractivity contribution in [3.63, 3.8) is 0 Å². The van der Waals surface area contributed by atoms with Crippen molar-refractivity contribution in [2.24, 2.45) is 0 Å². The van der Waals surface area contributed by atoms with E-state index in [1.807, 2.05) is 0 Å². The molecular formula is C14H10ClN3O5. The summed E-state index contributed by atoms with van der Waals surface area (Å²) in [7, 11) is 0. The van der Waals surface area contributed by atoms with E-state index < -0.39 is 9.85 Å². The summed E-state index contributed by atoms with van der Waals surface area (Å²) >= 11 is 5.77. The summed E-state index contributed by atoms with van der Waals surface area (Å²) in [6.45, 7) is -0.0774. The highest BCUT2D eigenvalue weighted by Crippen LogP contribution is 2.27. The minimum atomic E-state index is -0.603. The molecule has 0 unspecified atom stereocenters. The highest BCUT2D eigenvalue weighted by Gasteiger charge is 2.13. The third-order valence-electron chi connectivity index (χ3n) is 3.00. The zero-order valence-electron chi connectivity index (χ0n) is 11.6. The van der Waals surface area contributed by atoms with Crippen molar-refractivity contribution < 1.29 is 14.6 Å². The second kappa shape index (κ2) is 6.84. The smallest absolute Gasteiger partial charge is 0.288 e. The Morgan fingerprint density at radius 2 is 1.70 bits per heavy atom.